The molecule has 8 heteroatoms. The number of ether oxygens (including phenoxy) is 1. The number of hydrogen-bond donors (Lipinski definition) is 2. The van der Waals surface area contributed by atoms with Crippen molar-refractivity contribution in [3.8, 4) is 0 Å². The van der Waals surface area contributed by atoms with Gasteiger partial charge in [-0.1, -0.05) is 12.1 Å². The molecule has 7 nitrogen and oxygen atoms in total. The minimum atomic E-state index is -0.0476. The normalized spacial score (nSPS) is 20.3. The van der Waals surface area contributed by atoms with E-state index in [1.165, 1.54) is 18.9 Å². The van der Waals surface area contributed by atoms with Gasteiger partial charge in [0, 0.05) is 57.9 Å². The molecule has 2 saturated heterocycles. The molecule has 29 heavy (non-hydrogen) atoms. The van der Waals surface area contributed by atoms with E-state index in [1.54, 1.807) is 0 Å². The number of likely N-dealkylation sites (tertiary alicyclic amines) is 1. The number of benzene rings is 1. The fraction of sp³-hybridized carbons (Fsp3) is 0.619. The first kappa shape index (κ1) is 23.9. The van der Waals surface area contributed by atoms with Gasteiger partial charge in [-0.3, -0.25) is 14.7 Å². The van der Waals surface area contributed by atoms with Crippen LogP contribution >= 0.6 is 24.0 Å². The Labute approximate surface area is 191 Å². The second-order valence-electron chi connectivity index (χ2n) is 7.40. The van der Waals surface area contributed by atoms with Crippen LogP contribution in [0.4, 0.5) is 5.69 Å². The van der Waals surface area contributed by atoms with E-state index in [4.69, 9.17) is 9.73 Å². The van der Waals surface area contributed by atoms with Crippen LogP contribution in [-0.4, -0.2) is 80.2 Å². The van der Waals surface area contributed by atoms with Crippen molar-refractivity contribution < 1.29 is 9.53 Å². The molecule has 2 fully saturated rings. The van der Waals surface area contributed by atoms with Crippen molar-refractivity contribution in [3.05, 3.63) is 29.8 Å². The zero-order valence-corrected chi connectivity index (χ0v) is 19.9. The maximum Gasteiger partial charge on any atom is 0.221 e. The molecule has 1 aromatic rings. The SMILES string of the molecule is CCNC(=NCCc1ccc(NC(C)=O)cc1)N1CCC(N2CCOCC2)C1.I. The van der Waals surface area contributed by atoms with Crippen molar-refractivity contribution in [2.45, 2.75) is 32.7 Å². The smallest absolute Gasteiger partial charge is 0.221 e. The molecule has 2 heterocycles. The fourth-order valence-electron chi connectivity index (χ4n) is 3.85. The average molecular weight is 515 g/mol. The van der Waals surface area contributed by atoms with Gasteiger partial charge in [0.25, 0.3) is 0 Å². The number of halogens is 1. The van der Waals surface area contributed by atoms with Crippen LogP contribution in [0.5, 0.6) is 0 Å². The van der Waals surface area contributed by atoms with E-state index in [9.17, 15) is 4.79 Å². The highest BCUT2D eigenvalue weighted by molar-refractivity contribution is 14.0. The van der Waals surface area contributed by atoms with Crippen LogP contribution in [0.25, 0.3) is 0 Å². The van der Waals surface area contributed by atoms with Crippen LogP contribution in [0, 0.1) is 0 Å². The summed E-state index contributed by atoms with van der Waals surface area (Å²) in [7, 11) is 0. The molecule has 1 amide bonds. The van der Waals surface area contributed by atoms with Gasteiger partial charge in [-0.05, 0) is 37.5 Å². The Balaban J connectivity index is 0.00000300. The third-order valence-corrected chi connectivity index (χ3v) is 5.30. The average Bonchev–Trinajstić information content (AvgIpc) is 3.19. The Morgan fingerprint density at radius 3 is 2.59 bits per heavy atom. The Kier molecular flexibility index (Phi) is 10.2. The Hall–Kier alpha value is -1.39. The summed E-state index contributed by atoms with van der Waals surface area (Å²) in [4.78, 5) is 20.9. The molecule has 0 spiro atoms. The van der Waals surface area contributed by atoms with Gasteiger partial charge >= 0.3 is 0 Å². The summed E-state index contributed by atoms with van der Waals surface area (Å²) >= 11 is 0. The van der Waals surface area contributed by atoms with Crippen molar-refractivity contribution in [1.82, 2.24) is 15.1 Å². The van der Waals surface area contributed by atoms with Gasteiger partial charge in [0.1, 0.15) is 0 Å². The zero-order chi connectivity index (χ0) is 19.8. The first-order chi connectivity index (χ1) is 13.7. The summed E-state index contributed by atoms with van der Waals surface area (Å²) in [6.07, 6.45) is 2.07. The zero-order valence-electron chi connectivity index (χ0n) is 17.5. The molecule has 1 aromatic carbocycles. The number of morpholine rings is 1. The lowest BCUT2D eigenvalue weighted by atomic mass is 10.1. The third-order valence-electron chi connectivity index (χ3n) is 5.30. The standard InChI is InChI=1S/C21H33N5O2.HI/c1-3-22-21(26-11-9-20(16-26)25-12-14-28-15-13-25)23-10-8-18-4-6-19(7-5-18)24-17(2)27;/h4-7,20H,3,8-16H2,1-2H3,(H,22,23)(H,24,27);1H. The largest absolute Gasteiger partial charge is 0.379 e. The monoisotopic (exact) mass is 515 g/mol. The van der Waals surface area contributed by atoms with Gasteiger partial charge in [-0.25, -0.2) is 0 Å². The highest BCUT2D eigenvalue weighted by Gasteiger charge is 2.30. The highest BCUT2D eigenvalue weighted by Crippen LogP contribution is 2.17. The maximum absolute atomic E-state index is 11.1. The number of amides is 1. The van der Waals surface area contributed by atoms with Crippen molar-refractivity contribution >= 4 is 41.5 Å². The van der Waals surface area contributed by atoms with Crippen molar-refractivity contribution in [1.29, 1.82) is 0 Å². The molecule has 3 rings (SSSR count). The second kappa shape index (κ2) is 12.3. The summed E-state index contributed by atoms with van der Waals surface area (Å²) in [6.45, 7) is 11.1. The van der Waals surface area contributed by atoms with Gasteiger partial charge in [0.15, 0.2) is 5.96 Å². The van der Waals surface area contributed by atoms with Crippen molar-refractivity contribution in [3.63, 3.8) is 0 Å². The molecule has 1 unspecified atom stereocenters. The second-order valence-corrected chi connectivity index (χ2v) is 7.40. The van der Waals surface area contributed by atoms with Gasteiger partial charge in [0.05, 0.1) is 13.2 Å². The number of carbonyl (C=O) groups is 1. The fourth-order valence-corrected chi connectivity index (χ4v) is 3.85. The number of rotatable bonds is 6. The summed E-state index contributed by atoms with van der Waals surface area (Å²) in [6, 6.07) is 8.60. The van der Waals surface area contributed by atoms with E-state index in [0.717, 1.165) is 70.6 Å². The molecule has 0 radical (unpaired) electrons. The molecule has 0 aromatic heterocycles. The van der Waals surface area contributed by atoms with E-state index >= 15 is 0 Å². The van der Waals surface area contributed by atoms with E-state index < -0.39 is 0 Å². The van der Waals surface area contributed by atoms with Crippen molar-refractivity contribution in [2.75, 3.05) is 57.8 Å². The molecule has 0 aliphatic carbocycles. The number of aliphatic imine (C=N–C) groups is 1. The number of guanidine groups is 1. The maximum atomic E-state index is 11.1. The highest BCUT2D eigenvalue weighted by atomic mass is 127. The lowest BCUT2D eigenvalue weighted by Crippen LogP contribution is -2.46. The summed E-state index contributed by atoms with van der Waals surface area (Å²) in [5, 5.41) is 6.25. The quantitative estimate of drug-likeness (QED) is 0.346. The Morgan fingerprint density at radius 1 is 1.21 bits per heavy atom. The number of carbonyl (C=O) groups excluding carboxylic acids is 1. The number of nitrogens with zero attached hydrogens (tertiary/aromatic N) is 3. The van der Waals surface area contributed by atoms with Gasteiger partial charge in [-0.15, -0.1) is 24.0 Å². The molecule has 0 bridgehead atoms. The first-order valence-corrected chi connectivity index (χ1v) is 10.4. The van der Waals surface area contributed by atoms with E-state index in [-0.39, 0.29) is 29.9 Å². The topological polar surface area (TPSA) is 69.2 Å². The van der Waals surface area contributed by atoms with Crippen LogP contribution < -0.4 is 10.6 Å². The number of nitrogens with one attached hydrogen (secondary N) is 2. The first-order valence-electron chi connectivity index (χ1n) is 10.4. The molecular weight excluding hydrogens is 481 g/mol. The van der Waals surface area contributed by atoms with Gasteiger partial charge in [0.2, 0.25) is 5.91 Å². The summed E-state index contributed by atoms with van der Waals surface area (Å²) in [5.74, 6) is 0.974. The molecule has 2 aliphatic rings. The Morgan fingerprint density at radius 2 is 1.93 bits per heavy atom. The molecule has 0 saturated carbocycles. The van der Waals surface area contributed by atoms with Crippen molar-refractivity contribution in [2.24, 2.45) is 4.99 Å². The molecule has 2 aliphatic heterocycles. The van der Waals surface area contributed by atoms with Crippen LogP contribution in [0.3, 0.4) is 0 Å². The molecule has 2 N–H and O–H groups in total. The number of anilines is 1. The number of hydrogen-bond acceptors (Lipinski definition) is 4. The lowest BCUT2D eigenvalue weighted by molar-refractivity contribution is -0.114. The predicted octanol–water partition coefficient (Wildman–Crippen LogP) is 2.18. The molecular formula is C21H34IN5O2. The lowest BCUT2D eigenvalue weighted by Gasteiger charge is -2.32. The van der Waals surface area contributed by atoms with Crippen LogP contribution in [-0.2, 0) is 16.0 Å². The van der Waals surface area contributed by atoms with E-state index in [1.807, 2.05) is 12.1 Å². The van der Waals surface area contributed by atoms with Crippen LogP contribution in [0.15, 0.2) is 29.3 Å². The van der Waals surface area contributed by atoms with E-state index in [0.29, 0.717) is 6.04 Å². The third kappa shape index (κ3) is 7.42. The summed E-state index contributed by atoms with van der Waals surface area (Å²) in [5.41, 5.74) is 2.06. The summed E-state index contributed by atoms with van der Waals surface area (Å²) < 4.78 is 5.48. The van der Waals surface area contributed by atoms with Gasteiger partial charge < -0.3 is 20.3 Å². The minimum absolute atomic E-state index is 0. The van der Waals surface area contributed by atoms with Crippen LogP contribution in [0.2, 0.25) is 0 Å². The predicted molar refractivity (Wildman–Crippen MR) is 128 cm³/mol. The van der Waals surface area contributed by atoms with E-state index in [2.05, 4.69) is 39.5 Å². The minimum Gasteiger partial charge on any atom is -0.379 e. The van der Waals surface area contributed by atoms with Crippen LogP contribution in [0.1, 0.15) is 25.8 Å². The van der Waals surface area contributed by atoms with Gasteiger partial charge in [-0.2, -0.15) is 0 Å². The Bertz CT molecular complexity index is 662. The molecule has 1 atom stereocenters. The molecule has 162 valence electrons.